The third kappa shape index (κ3) is 2.62. The molecule has 5 heteroatoms. The van der Waals surface area contributed by atoms with Gasteiger partial charge in [0, 0.05) is 13.0 Å². The molecule has 17 heavy (non-hydrogen) atoms. The maximum absolute atomic E-state index is 10.8. The van der Waals surface area contributed by atoms with Crippen molar-refractivity contribution in [3.05, 3.63) is 29.7 Å². The number of benzene rings is 1. The predicted octanol–water partition coefficient (Wildman–Crippen LogP) is 1.63. The van der Waals surface area contributed by atoms with Crippen molar-refractivity contribution >= 4 is 17.1 Å². The summed E-state index contributed by atoms with van der Waals surface area (Å²) in [5.41, 5.74) is 1.44. The van der Waals surface area contributed by atoms with Gasteiger partial charge in [-0.15, -0.1) is 0 Å². The lowest BCUT2D eigenvalue weighted by atomic mass is 10.2. The summed E-state index contributed by atoms with van der Waals surface area (Å²) >= 11 is 0. The monoisotopic (exact) mass is 234 g/mol. The first kappa shape index (κ1) is 11.6. The van der Waals surface area contributed by atoms with E-state index in [0.717, 1.165) is 6.54 Å². The van der Waals surface area contributed by atoms with Crippen molar-refractivity contribution in [3.63, 3.8) is 0 Å². The van der Waals surface area contributed by atoms with Gasteiger partial charge in [0.15, 0.2) is 11.5 Å². The molecule has 0 saturated carbocycles. The fourth-order valence-corrected chi connectivity index (χ4v) is 1.53. The summed E-state index contributed by atoms with van der Waals surface area (Å²) in [4.78, 5) is 17.1. The van der Waals surface area contributed by atoms with Crippen LogP contribution in [0.15, 0.2) is 22.6 Å². The molecule has 0 atom stereocenters. The van der Waals surface area contributed by atoms with Gasteiger partial charge in [0.2, 0.25) is 0 Å². The zero-order valence-electron chi connectivity index (χ0n) is 9.80. The highest BCUT2D eigenvalue weighted by molar-refractivity contribution is 5.91. The Morgan fingerprint density at radius 2 is 2.24 bits per heavy atom. The third-order valence-electron chi connectivity index (χ3n) is 2.45. The highest BCUT2D eigenvalue weighted by Crippen LogP contribution is 2.17. The molecule has 0 aliphatic rings. The van der Waals surface area contributed by atoms with E-state index in [1.165, 1.54) is 12.1 Å². The lowest BCUT2D eigenvalue weighted by molar-refractivity contribution is 0.0697. The Hall–Kier alpha value is -1.88. The molecule has 0 spiro atoms. The molecular formula is C12H14N2O3. The molecular weight excluding hydrogens is 220 g/mol. The average Bonchev–Trinajstić information content (AvgIpc) is 2.67. The molecule has 0 fully saturated rings. The van der Waals surface area contributed by atoms with Gasteiger partial charge in [0.25, 0.3) is 0 Å². The van der Waals surface area contributed by atoms with Gasteiger partial charge < -0.3 is 14.4 Å². The fraction of sp³-hybridized carbons (Fsp3) is 0.333. The van der Waals surface area contributed by atoms with Gasteiger partial charge >= 0.3 is 5.97 Å². The van der Waals surface area contributed by atoms with Gasteiger partial charge in [-0.1, -0.05) is 0 Å². The van der Waals surface area contributed by atoms with Crippen LogP contribution in [0.5, 0.6) is 0 Å². The van der Waals surface area contributed by atoms with Gasteiger partial charge in [0.05, 0.1) is 5.56 Å². The molecule has 0 radical (unpaired) electrons. The Morgan fingerprint density at radius 3 is 2.88 bits per heavy atom. The molecule has 0 unspecified atom stereocenters. The van der Waals surface area contributed by atoms with Gasteiger partial charge in [0.1, 0.15) is 5.52 Å². The van der Waals surface area contributed by atoms with Crippen LogP contribution in [0.2, 0.25) is 0 Å². The molecule has 0 aliphatic carbocycles. The molecule has 1 N–H and O–H groups in total. The van der Waals surface area contributed by atoms with E-state index in [0.29, 0.717) is 23.4 Å². The van der Waals surface area contributed by atoms with Gasteiger partial charge in [-0.05, 0) is 32.3 Å². The van der Waals surface area contributed by atoms with E-state index >= 15 is 0 Å². The predicted molar refractivity (Wildman–Crippen MR) is 63.2 cm³/mol. The van der Waals surface area contributed by atoms with Crippen LogP contribution in [0.1, 0.15) is 16.2 Å². The van der Waals surface area contributed by atoms with Crippen LogP contribution in [-0.4, -0.2) is 41.6 Å². The average molecular weight is 234 g/mol. The van der Waals surface area contributed by atoms with Crippen LogP contribution in [0.25, 0.3) is 11.1 Å². The largest absolute Gasteiger partial charge is 0.478 e. The Labute approximate surface area is 98.7 Å². The molecule has 2 rings (SSSR count). The number of hydrogen-bond donors (Lipinski definition) is 1. The molecule has 2 aromatic rings. The molecule has 0 amide bonds. The minimum absolute atomic E-state index is 0.216. The van der Waals surface area contributed by atoms with E-state index in [9.17, 15) is 4.79 Å². The SMILES string of the molecule is CN(C)CCc1nc2ccc(C(=O)O)cc2o1. The Kier molecular flexibility index (Phi) is 3.10. The van der Waals surface area contributed by atoms with E-state index in [-0.39, 0.29) is 5.56 Å². The molecule has 1 aromatic carbocycles. The number of nitrogens with zero attached hydrogens (tertiary/aromatic N) is 2. The van der Waals surface area contributed by atoms with Crippen molar-refractivity contribution < 1.29 is 14.3 Å². The maximum Gasteiger partial charge on any atom is 0.335 e. The normalized spacial score (nSPS) is 11.2. The smallest absolute Gasteiger partial charge is 0.335 e. The Morgan fingerprint density at radius 1 is 1.47 bits per heavy atom. The molecule has 0 bridgehead atoms. The number of rotatable bonds is 4. The van der Waals surface area contributed by atoms with Crippen molar-refractivity contribution in [3.8, 4) is 0 Å². The number of likely N-dealkylation sites (N-methyl/N-ethyl adjacent to an activating group) is 1. The zero-order valence-corrected chi connectivity index (χ0v) is 9.80. The van der Waals surface area contributed by atoms with Crippen molar-refractivity contribution in [1.29, 1.82) is 0 Å². The summed E-state index contributed by atoms with van der Waals surface area (Å²) in [5.74, 6) is -0.325. The maximum atomic E-state index is 10.8. The van der Waals surface area contributed by atoms with Crippen LogP contribution in [0.3, 0.4) is 0 Å². The topological polar surface area (TPSA) is 66.6 Å². The first-order valence-electron chi connectivity index (χ1n) is 5.34. The Bertz CT molecular complexity index is 546. The van der Waals surface area contributed by atoms with E-state index in [2.05, 4.69) is 4.98 Å². The summed E-state index contributed by atoms with van der Waals surface area (Å²) in [5, 5.41) is 8.86. The van der Waals surface area contributed by atoms with Crippen LogP contribution in [0.4, 0.5) is 0 Å². The Balaban J connectivity index is 2.27. The van der Waals surface area contributed by atoms with Crippen molar-refractivity contribution in [1.82, 2.24) is 9.88 Å². The molecule has 1 aromatic heterocycles. The standard InChI is InChI=1S/C12H14N2O3/c1-14(2)6-5-11-13-9-4-3-8(12(15)16)7-10(9)17-11/h3-4,7H,5-6H2,1-2H3,(H,15,16). The van der Waals surface area contributed by atoms with Gasteiger partial charge in [-0.2, -0.15) is 0 Å². The molecule has 1 heterocycles. The van der Waals surface area contributed by atoms with E-state index in [4.69, 9.17) is 9.52 Å². The molecule has 0 aliphatic heterocycles. The molecule has 0 saturated heterocycles. The van der Waals surface area contributed by atoms with Crippen molar-refractivity contribution in [2.75, 3.05) is 20.6 Å². The van der Waals surface area contributed by atoms with Gasteiger partial charge in [-0.25, -0.2) is 9.78 Å². The number of carboxylic acid groups (broad SMARTS) is 1. The first-order chi connectivity index (χ1) is 8.06. The molecule has 5 nitrogen and oxygen atoms in total. The molecule has 90 valence electrons. The van der Waals surface area contributed by atoms with E-state index < -0.39 is 5.97 Å². The minimum atomic E-state index is -0.960. The van der Waals surface area contributed by atoms with E-state index in [1.807, 2.05) is 19.0 Å². The quantitative estimate of drug-likeness (QED) is 0.870. The highest BCUT2D eigenvalue weighted by atomic mass is 16.4. The van der Waals surface area contributed by atoms with Crippen LogP contribution in [-0.2, 0) is 6.42 Å². The lowest BCUT2D eigenvalue weighted by Gasteiger charge is -2.05. The number of aromatic nitrogens is 1. The second kappa shape index (κ2) is 4.55. The minimum Gasteiger partial charge on any atom is -0.478 e. The number of fused-ring (bicyclic) bond motifs is 1. The number of aromatic carboxylic acids is 1. The third-order valence-corrected chi connectivity index (χ3v) is 2.45. The van der Waals surface area contributed by atoms with Crippen LogP contribution < -0.4 is 0 Å². The van der Waals surface area contributed by atoms with E-state index in [1.54, 1.807) is 6.07 Å². The second-order valence-electron chi connectivity index (χ2n) is 4.15. The fourth-order valence-electron chi connectivity index (χ4n) is 1.53. The summed E-state index contributed by atoms with van der Waals surface area (Å²) < 4.78 is 5.51. The van der Waals surface area contributed by atoms with Crippen molar-refractivity contribution in [2.45, 2.75) is 6.42 Å². The summed E-state index contributed by atoms with van der Waals surface area (Å²) in [6, 6.07) is 4.70. The van der Waals surface area contributed by atoms with Crippen LogP contribution in [0, 0.1) is 0 Å². The first-order valence-corrected chi connectivity index (χ1v) is 5.34. The summed E-state index contributed by atoms with van der Waals surface area (Å²) in [6.07, 6.45) is 0.712. The second-order valence-corrected chi connectivity index (χ2v) is 4.15. The number of carboxylic acids is 1. The lowest BCUT2D eigenvalue weighted by Crippen LogP contribution is -2.15. The van der Waals surface area contributed by atoms with Crippen LogP contribution >= 0.6 is 0 Å². The van der Waals surface area contributed by atoms with Crippen molar-refractivity contribution in [2.24, 2.45) is 0 Å². The number of oxazole rings is 1. The summed E-state index contributed by atoms with van der Waals surface area (Å²) in [7, 11) is 3.95. The van der Waals surface area contributed by atoms with Gasteiger partial charge in [-0.3, -0.25) is 0 Å². The summed E-state index contributed by atoms with van der Waals surface area (Å²) in [6.45, 7) is 0.846. The number of carbonyl (C=O) groups is 1. The highest BCUT2D eigenvalue weighted by Gasteiger charge is 2.09. The zero-order chi connectivity index (χ0) is 12.4. The number of hydrogen-bond acceptors (Lipinski definition) is 4.